The van der Waals surface area contributed by atoms with Crippen molar-refractivity contribution in [1.82, 2.24) is 10.3 Å². The van der Waals surface area contributed by atoms with Gasteiger partial charge in [-0.2, -0.15) is 0 Å². The Bertz CT molecular complexity index is 528. The number of pyridine rings is 1. The van der Waals surface area contributed by atoms with Crippen LogP contribution in [0.1, 0.15) is 17.3 Å². The number of para-hydroxylation sites is 1. The number of methoxy groups -OCH3 is 1. The van der Waals surface area contributed by atoms with E-state index in [4.69, 9.17) is 4.74 Å². The summed E-state index contributed by atoms with van der Waals surface area (Å²) in [6.45, 7) is 0. The maximum absolute atomic E-state index is 5.42. The van der Waals surface area contributed by atoms with Crippen LogP contribution in [0.25, 0.3) is 0 Å². The summed E-state index contributed by atoms with van der Waals surface area (Å²) < 4.78 is 6.41. The minimum atomic E-state index is 0.185. The van der Waals surface area contributed by atoms with Crippen LogP contribution in [0.15, 0.2) is 47.1 Å². The minimum absolute atomic E-state index is 0.185. The van der Waals surface area contributed by atoms with Gasteiger partial charge in [-0.05, 0) is 41.2 Å². The molecule has 100 valence electrons. The van der Waals surface area contributed by atoms with Crippen molar-refractivity contribution in [2.75, 3.05) is 14.2 Å². The standard InChI is InChI=1S/C15H17BrN2O/c1-17-14(9-12-8-7-11(16)10-18-12)13-5-3-4-6-15(13)19-2/h3-8,10,14,17H,9H2,1-2H3. The average Bonchev–Trinajstić information content (AvgIpc) is 2.46. The number of likely N-dealkylation sites (N-methyl/N-ethyl adjacent to an activating group) is 1. The van der Waals surface area contributed by atoms with Gasteiger partial charge in [-0.25, -0.2) is 0 Å². The molecule has 0 radical (unpaired) electrons. The summed E-state index contributed by atoms with van der Waals surface area (Å²) in [5.74, 6) is 0.902. The molecule has 0 aliphatic carbocycles. The fraction of sp³-hybridized carbons (Fsp3) is 0.267. The van der Waals surface area contributed by atoms with Crippen LogP contribution in [-0.4, -0.2) is 19.1 Å². The van der Waals surface area contributed by atoms with Gasteiger partial charge in [0.05, 0.1) is 7.11 Å². The molecule has 0 spiro atoms. The van der Waals surface area contributed by atoms with E-state index in [1.807, 2.05) is 43.6 Å². The van der Waals surface area contributed by atoms with Gasteiger partial charge < -0.3 is 10.1 Å². The fourth-order valence-electron chi connectivity index (χ4n) is 2.06. The molecule has 2 rings (SSSR count). The predicted octanol–water partition coefficient (Wildman–Crippen LogP) is 3.36. The van der Waals surface area contributed by atoms with Crippen molar-refractivity contribution in [3.8, 4) is 5.75 Å². The molecule has 1 aromatic carbocycles. The molecule has 1 N–H and O–H groups in total. The second kappa shape index (κ2) is 6.68. The zero-order chi connectivity index (χ0) is 13.7. The van der Waals surface area contributed by atoms with Crippen LogP contribution in [0.4, 0.5) is 0 Å². The molecular weight excluding hydrogens is 304 g/mol. The van der Waals surface area contributed by atoms with Crippen molar-refractivity contribution >= 4 is 15.9 Å². The molecule has 0 bridgehead atoms. The van der Waals surface area contributed by atoms with Crippen LogP contribution in [0, 0.1) is 0 Å². The van der Waals surface area contributed by atoms with E-state index in [1.165, 1.54) is 0 Å². The van der Waals surface area contributed by atoms with Crippen molar-refractivity contribution in [2.24, 2.45) is 0 Å². The monoisotopic (exact) mass is 320 g/mol. The smallest absolute Gasteiger partial charge is 0.123 e. The highest BCUT2D eigenvalue weighted by Crippen LogP contribution is 2.26. The number of aromatic nitrogens is 1. The Morgan fingerprint density at radius 3 is 2.68 bits per heavy atom. The van der Waals surface area contributed by atoms with E-state index in [0.717, 1.165) is 27.9 Å². The Morgan fingerprint density at radius 2 is 2.05 bits per heavy atom. The van der Waals surface area contributed by atoms with Crippen LogP contribution >= 0.6 is 15.9 Å². The van der Waals surface area contributed by atoms with Gasteiger partial charge in [-0.1, -0.05) is 18.2 Å². The van der Waals surface area contributed by atoms with E-state index < -0.39 is 0 Å². The Hall–Kier alpha value is -1.39. The van der Waals surface area contributed by atoms with E-state index in [-0.39, 0.29) is 6.04 Å². The highest BCUT2D eigenvalue weighted by atomic mass is 79.9. The molecule has 1 heterocycles. The molecule has 4 heteroatoms. The normalized spacial score (nSPS) is 12.2. The lowest BCUT2D eigenvalue weighted by molar-refractivity contribution is 0.401. The zero-order valence-corrected chi connectivity index (χ0v) is 12.6. The van der Waals surface area contributed by atoms with Crippen LogP contribution in [0.3, 0.4) is 0 Å². The van der Waals surface area contributed by atoms with Gasteiger partial charge in [0.2, 0.25) is 0 Å². The van der Waals surface area contributed by atoms with Crippen LogP contribution in [0.2, 0.25) is 0 Å². The Kier molecular flexibility index (Phi) is 4.93. The Labute approximate surface area is 122 Å². The highest BCUT2D eigenvalue weighted by Gasteiger charge is 2.15. The predicted molar refractivity (Wildman–Crippen MR) is 80.4 cm³/mol. The number of rotatable bonds is 5. The van der Waals surface area contributed by atoms with Gasteiger partial charge in [-0.3, -0.25) is 4.98 Å². The molecule has 1 aromatic heterocycles. The summed E-state index contributed by atoms with van der Waals surface area (Å²) in [5, 5.41) is 3.32. The lowest BCUT2D eigenvalue weighted by atomic mass is 10.0. The number of benzene rings is 1. The third kappa shape index (κ3) is 3.55. The van der Waals surface area contributed by atoms with Gasteiger partial charge in [0.25, 0.3) is 0 Å². The largest absolute Gasteiger partial charge is 0.496 e. The van der Waals surface area contributed by atoms with E-state index >= 15 is 0 Å². The first-order valence-corrected chi connectivity index (χ1v) is 6.94. The third-order valence-corrected chi connectivity index (χ3v) is 3.53. The summed E-state index contributed by atoms with van der Waals surface area (Å²) in [7, 11) is 3.65. The van der Waals surface area contributed by atoms with E-state index in [1.54, 1.807) is 7.11 Å². The number of nitrogens with zero attached hydrogens (tertiary/aromatic N) is 1. The fourth-order valence-corrected chi connectivity index (χ4v) is 2.29. The Morgan fingerprint density at radius 1 is 1.26 bits per heavy atom. The molecule has 0 aliphatic rings. The molecule has 1 unspecified atom stereocenters. The molecule has 2 aromatic rings. The second-order valence-electron chi connectivity index (χ2n) is 4.26. The van der Waals surface area contributed by atoms with Crippen molar-refractivity contribution in [2.45, 2.75) is 12.5 Å². The number of ether oxygens (including phenoxy) is 1. The van der Waals surface area contributed by atoms with E-state index in [9.17, 15) is 0 Å². The minimum Gasteiger partial charge on any atom is -0.496 e. The summed E-state index contributed by atoms with van der Waals surface area (Å²) >= 11 is 3.40. The molecule has 0 aliphatic heterocycles. The summed E-state index contributed by atoms with van der Waals surface area (Å²) in [5.41, 5.74) is 2.20. The van der Waals surface area contributed by atoms with Crippen molar-refractivity contribution in [3.05, 3.63) is 58.3 Å². The molecule has 19 heavy (non-hydrogen) atoms. The lowest BCUT2D eigenvalue weighted by Gasteiger charge is -2.19. The van der Waals surface area contributed by atoms with Gasteiger partial charge in [0.1, 0.15) is 5.75 Å². The van der Waals surface area contributed by atoms with Crippen LogP contribution < -0.4 is 10.1 Å². The molecule has 0 saturated heterocycles. The van der Waals surface area contributed by atoms with Gasteiger partial charge in [-0.15, -0.1) is 0 Å². The maximum atomic E-state index is 5.42. The topological polar surface area (TPSA) is 34.2 Å². The summed E-state index contributed by atoms with van der Waals surface area (Å²) in [6.07, 6.45) is 2.65. The van der Waals surface area contributed by atoms with Gasteiger partial charge >= 0.3 is 0 Å². The number of nitrogens with one attached hydrogen (secondary N) is 1. The van der Waals surface area contributed by atoms with Gasteiger partial charge in [0, 0.05) is 34.4 Å². The molecule has 0 saturated carbocycles. The van der Waals surface area contributed by atoms with Crippen molar-refractivity contribution in [1.29, 1.82) is 0 Å². The SMILES string of the molecule is CNC(Cc1ccc(Br)cn1)c1ccccc1OC. The zero-order valence-electron chi connectivity index (χ0n) is 11.1. The average molecular weight is 321 g/mol. The van der Waals surface area contributed by atoms with Crippen LogP contribution in [0.5, 0.6) is 5.75 Å². The molecule has 1 atom stereocenters. The first-order valence-electron chi connectivity index (χ1n) is 6.15. The first kappa shape index (κ1) is 14.0. The van der Waals surface area contributed by atoms with Crippen LogP contribution in [-0.2, 0) is 6.42 Å². The second-order valence-corrected chi connectivity index (χ2v) is 5.17. The maximum Gasteiger partial charge on any atom is 0.123 e. The van der Waals surface area contributed by atoms with Crippen molar-refractivity contribution in [3.63, 3.8) is 0 Å². The first-order chi connectivity index (χ1) is 9.24. The third-order valence-electron chi connectivity index (χ3n) is 3.06. The van der Waals surface area contributed by atoms with E-state index in [0.29, 0.717) is 0 Å². The molecular formula is C15H17BrN2O. The van der Waals surface area contributed by atoms with E-state index in [2.05, 4.69) is 32.3 Å². The quantitative estimate of drug-likeness (QED) is 0.917. The van der Waals surface area contributed by atoms with Crippen molar-refractivity contribution < 1.29 is 4.74 Å². The van der Waals surface area contributed by atoms with Gasteiger partial charge in [0.15, 0.2) is 0 Å². The Balaban J connectivity index is 2.22. The number of halogens is 1. The lowest BCUT2D eigenvalue weighted by Crippen LogP contribution is -2.20. The molecule has 3 nitrogen and oxygen atoms in total. The molecule has 0 amide bonds. The summed E-state index contributed by atoms with van der Waals surface area (Å²) in [4.78, 5) is 4.42. The molecule has 0 fully saturated rings. The number of hydrogen-bond donors (Lipinski definition) is 1. The number of hydrogen-bond acceptors (Lipinski definition) is 3. The summed E-state index contributed by atoms with van der Waals surface area (Å²) in [6, 6.07) is 12.3. The highest BCUT2D eigenvalue weighted by molar-refractivity contribution is 9.10.